The van der Waals surface area contributed by atoms with Crippen LogP contribution in [0.4, 0.5) is 0 Å². The van der Waals surface area contributed by atoms with Crippen molar-refractivity contribution in [3.05, 3.63) is 22.4 Å². The Labute approximate surface area is 135 Å². The molecule has 3 heterocycles. The molecule has 0 aliphatic carbocycles. The number of carbonyl (C=O) groups excluding carboxylic acids is 1. The third-order valence-corrected chi connectivity index (χ3v) is 5.40. The summed E-state index contributed by atoms with van der Waals surface area (Å²) in [5.41, 5.74) is 0.272. The Morgan fingerprint density at radius 2 is 2.41 bits per heavy atom. The maximum absolute atomic E-state index is 12.4. The van der Waals surface area contributed by atoms with Crippen molar-refractivity contribution < 1.29 is 9.63 Å². The minimum Gasteiger partial charge on any atom is -0.387 e. The fourth-order valence-corrected chi connectivity index (χ4v) is 3.72. The van der Waals surface area contributed by atoms with Crippen molar-refractivity contribution in [3.63, 3.8) is 0 Å². The lowest BCUT2D eigenvalue weighted by Crippen LogP contribution is -2.40. The van der Waals surface area contributed by atoms with Gasteiger partial charge in [0.1, 0.15) is 5.71 Å². The minimum atomic E-state index is -0.292. The summed E-state index contributed by atoms with van der Waals surface area (Å²) in [6.07, 6.45) is 1.56. The summed E-state index contributed by atoms with van der Waals surface area (Å²) >= 11 is 1.78. The van der Waals surface area contributed by atoms with E-state index in [0.29, 0.717) is 12.1 Å². The Kier molecular flexibility index (Phi) is 4.23. The Hall–Kier alpha value is -1.40. The SMILES string of the molecule is CC(C)N(C)C(=O)C1=NO[C@]2(CCN(Cc3cccs3)C2)C1. The Balaban J connectivity index is 1.58. The van der Waals surface area contributed by atoms with Gasteiger partial charge in [0.2, 0.25) is 0 Å². The number of thiophene rings is 1. The largest absolute Gasteiger partial charge is 0.387 e. The number of likely N-dealkylation sites (tertiary alicyclic amines) is 1. The van der Waals surface area contributed by atoms with Crippen molar-refractivity contribution in [3.8, 4) is 0 Å². The molecule has 3 rings (SSSR count). The Bertz CT molecular complexity index is 570. The van der Waals surface area contributed by atoms with Gasteiger partial charge in [0.05, 0.1) is 0 Å². The van der Waals surface area contributed by atoms with Crippen LogP contribution < -0.4 is 0 Å². The molecule has 0 aromatic carbocycles. The normalized spacial score (nSPS) is 24.8. The predicted octanol–water partition coefficient (Wildman–Crippen LogP) is 2.34. The Morgan fingerprint density at radius 1 is 1.59 bits per heavy atom. The molecule has 1 spiro atoms. The molecule has 1 aromatic rings. The molecule has 6 heteroatoms. The van der Waals surface area contributed by atoms with Crippen molar-refractivity contribution in [2.24, 2.45) is 5.16 Å². The number of nitrogens with zero attached hydrogens (tertiary/aromatic N) is 3. The summed E-state index contributed by atoms with van der Waals surface area (Å²) in [4.78, 5) is 23.6. The van der Waals surface area contributed by atoms with Crippen molar-refractivity contribution in [2.75, 3.05) is 20.1 Å². The van der Waals surface area contributed by atoms with Crippen LogP contribution in [0.5, 0.6) is 0 Å². The van der Waals surface area contributed by atoms with Gasteiger partial charge in [-0.05, 0) is 25.3 Å². The topological polar surface area (TPSA) is 45.1 Å². The molecule has 22 heavy (non-hydrogen) atoms. The van der Waals surface area contributed by atoms with Crippen LogP contribution in [0, 0.1) is 0 Å². The van der Waals surface area contributed by atoms with Gasteiger partial charge in [0, 0.05) is 50.4 Å². The molecular formula is C16H23N3O2S. The zero-order valence-corrected chi connectivity index (χ0v) is 14.2. The number of carbonyl (C=O) groups is 1. The summed E-state index contributed by atoms with van der Waals surface area (Å²) in [5.74, 6) is -0.0106. The molecule has 0 radical (unpaired) electrons. The Morgan fingerprint density at radius 3 is 3.09 bits per heavy atom. The van der Waals surface area contributed by atoms with E-state index < -0.39 is 0 Å². The van der Waals surface area contributed by atoms with Gasteiger partial charge < -0.3 is 9.74 Å². The molecule has 1 amide bonds. The fraction of sp³-hybridized carbons (Fsp3) is 0.625. The first-order valence-electron chi connectivity index (χ1n) is 7.76. The average Bonchev–Trinajstić information content (AvgIpc) is 3.21. The number of hydrogen-bond donors (Lipinski definition) is 0. The maximum atomic E-state index is 12.4. The van der Waals surface area contributed by atoms with E-state index in [9.17, 15) is 4.79 Å². The van der Waals surface area contributed by atoms with Gasteiger partial charge in [0.15, 0.2) is 5.60 Å². The van der Waals surface area contributed by atoms with Crippen LogP contribution in [0.1, 0.15) is 31.6 Å². The minimum absolute atomic E-state index is 0.0106. The van der Waals surface area contributed by atoms with E-state index in [1.807, 2.05) is 20.9 Å². The van der Waals surface area contributed by atoms with Gasteiger partial charge in [0.25, 0.3) is 5.91 Å². The fourth-order valence-electron chi connectivity index (χ4n) is 2.98. The number of hydrogen-bond acceptors (Lipinski definition) is 5. The zero-order valence-electron chi connectivity index (χ0n) is 13.4. The van der Waals surface area contributed by atoms with Crippen molar-refractivity contribution >= 4 is 23.0 Å². The number of amides is 1. The summed E-state index contributed by atoms with van der Waals surface area (Å²) < 4.78 is 0. The van der Waals surface area contributed by atoms with Crippen LogP contribution in [-0.4, -0.2) is 53.2 Å². The third kappa shape index (κ3) is 3.03. The van der Waals surface area contributed by atoms with E-state index >= 15 is 0 Å². The van der Waals surface area contributed by atoms with Crippen LogP contribution in [0.25, 0.3) is 0 Å². The van der Waals surface area contributed by atoms with Crippen molar-refractivity contribution in [1.29, 1.82) is 0 Å². The van der Waals surface area contributed by atoms with E-state index in [2.05, 4.69) is 27.6 Å². The highest BCUT2D eigenvalue weighted by Gasteiger charge is 2.47. The highest BCUT2D eigenvalue weighted by molar-refractivity contribution is 7.09. The zero-order chi connectivity index (χ0) is 15.7. The lowest BCUT2D eigenvalue weighted by Gasteiger charge is -2.23. The van der Waals surface area contributed by atoms with E-state index in [1.165, 1.54) is 4.88 Å². The van der Waals surface area contributed by atoms with E-state index in [4.69, 9.17) is 4.84 Å². The first-order chi connectivity index (χ1) is 10.5. The van der Waals surface area contributed by atoms with Crippen molar-refractivity contribution in [1.82, 2.24) is 9.80 Å². The maximum Gasteiger partial charge on any atom is 0.271 e. The molecule has 1 atom stereocenters. The molecule has 120 valence electrons. The van der Waals surface area contributed by atoms with Crippen LogP contribution in [0.2, 0.25) is 0 Å². The molecule has 5 nitrogen and oxygen atoms in total. The van der Waals surface area contributed by atoms with Gasteiger partial charge in [-0.3, -0.25) is 9.69 Å². The third-order valence-electron chi connectivity index (χ3n) is 4.54. The van der Waals surface area contributed by atoms with Gasteiger partial charge in [-0.15, -0.1) is 11.3 Å². The summed E-state index contributed by atoms with van der Waals surface area (Å²) in [6.45, 7) is 6.80. The molecule has 0 unspecified atom stereocenters. The molecule has 0 N–H and O–H groups in total. The smallest absolute Gasteiger partial charge is 0.271 e. The predicted molar refractivity (Wildman–Crippen MR) is 88.0 cm³/mol. The second-order valence-electron chi connectivity index (χ2n) is 6.54. The standard InChI is InChI=1S/C16H23N3O2S/c1-12(2)18(3)15(20)14-9-16(21-17-14)6-7-19(11-16)10-13-5-4-8-22-13/h4-5,8,12H,6-7,9-11H2,1-3H3/t16-/m1/s1. The van der Waals surface area contributed by atoms with Gasteiger partial charge in [-0.1, -0.05) is 11.2 Å². The van der Waals surface area contributed by atoms with Crippen LogP contribution in [0.3, 0.4) is 0 Å². The second kappa shape index (κ2) is 6.01. The molecule has 1 aromatic heterocycles. The van der Waals surface area contributed by atoms with E-state index in [0.717, 1.165) is 26.1 Å². The lowest BCUT2D eigenvalue weighted by molar-refractivity contribution is -0.124. The van der Waals surface area contributed by atoms with Crippen LogP contribution in [-0.2, 0) is 16.2 Å². The highest BCUT2D eigenvalue weighted by atomic mass is 32.1. The molecule has 1 fully saturated rings. The summed E-state index contributed by atoms with van der Waals surface area (Å²) in [5, 5.41) is 6.21. The van der Waals surface area contributed by atoms with Crippen LogP contribution >= 0.6 is 11.3 Å². The monoisotopic (exact) mass is 321 g/mol. The number of oxime groups is 1. The summed E-state index contributed by atoms with van der Waals surface area (Å²) in [7, 11) is 1.82. The van der Waals surface area contributed by atoms with Crippen LogP contribution in [0.15, 0.2) is 22.7 Å². The average molecular weight is 321 g/mol. The molecule has 0 saturated carbocycles. The van der Waals surface area contributed by atoms with Gasteiger partial charge in [-0.2, -0.15) is 0 Å². The molecule has 2 aliphatic heterocycles. The first-order valence-corrected chi connectivity index (χ1v) is 8.64. The molecule has 0 bridgehead atoms. The molecule has 1 saturated heterocycles. The van der Waals surface area contributed by atoms with E-state index in [1.54, 1.807) is 16.2 Å². The summed E-state index contributed by atoms with van der Waals surface area (Å²) in [6, 6.07) is 4.42. The second-order valence-corrected chi connectivity index (χ2v) is 7.57. The molecule has 2 aliphatic rings. The van der Waals surface area contributed by atoms with Crippen molar-refractivity contribution in [2.45, 2.75) is 44.9 Å². The van der Waals surface area contributed by atoms with Gasteiger partial charge in [-0.25, -0.2) is 0 Å². The van der Waals surface area contributed by atoms with E-state index in [-0.39, 0.29) is 17.6 Å². The molecular weight excluding hydrogens is 298 g/mol. The lowest BCUT2D eigenvalue weighted by atomic mass is 9.96. The highest BCUT2D eigenvalue weighted by Crippen LogP contribution is 2.35. The number of rotatable bonds is 4. The van der Waals surface area contributed by atoms with Gasteiger partial charge >= 0.3 is 0 Å². The first kappa shape index (κ1) is 15.5. The quantitative estimate of drug-likeness (QED) is 0.855.